The minimum absolute atomic E-state index is 0.611. The normalized spacial score (nSPS) is 11.9. The molecule has 0 saturated heterocycles. The zero-order valence-corrected chi connectivity index (χ0v) is 27.4. The maximum Gasteiger partial charge on any atom is 0.164 e. The molecule has 0 aliphatic rings. The molecule has 0 aliphatic heterocycles. The van der Waals surface area contributed by atoms with Crippen molar-refractivity contribution in [2.75, 3.05) is 0 Å². The second-order valence-electron chi connectivity index (χ2n) is 12.3. The van der Waals surface area contributed by atoms with Gasteiger partial charge in [-0.15, -0.1) is 0 Å². The van der Waals surface area contributed by atoms with E-state index in [1.54, 1.807) is 0 Å². The van der Waals surface area contributed by atoms with Crippen LogP contribution in [0.5, 0.6) is 0 Å². The molecule has 0 bridgehead atoms. The third-order valence-corrected chi connectivity index (χ3v) is 9.28. The second kappa shape index (κ2) is 12.4. The first-order chi connectivity index (χ1) is 24.7. The van der Waals surface area contributed by atoms with Gasteiger partial charge in [-0.3, -0.25) is 0 Å². The molecule has 7 aromatic carbocycles. The van der Waals surface area contributed by atoms with Crippen molar-refractivity contribution in [3.63, 3.8) is 0 Å². The molecule has 4 heteroatoms. The van der Waals surface area contributed by atoms with Crippen molar-refractivity contribution in [3.05, 3.63) is 169 Å². The van der Waals surface area contributed by atoms with Gasteiger partial charge in [-0.2, -0.15) is 0 Å². The first kappa shape index (κ1) is 29.5. The van der Waals surface area contributed by atoms with Gasteiger partial charge in [-0.25, -0.2) is 15.0 Å². The number of fused-ring (bicyclic) bond motifs is 5. The number of nitrogens with zero attached hydrogens (tertiary/aromatic N) is 3. The third-order valence-electron chi connectivity index (χ3n) is 9.28. The molecule has 0 atom stereocenters. The fourth-order valence-electron chi connectivity index (χ4n) is 6.92. The van der Waals surface area contributed by atoms with E-state index in [2.05, 4.69) is 133 Å². The number of furan rings is 1. The van der Waals surface area contributed by atoms with Gasteiger partial charge in [0.2, 0.25) is 0 Å². The Morgan fingerprint density at radius 3 is 1.98 bits per heavy atom. The molecule has 0 radical (unpaired) electrons. The number of allylic oxidation sites excluding steroid dienone is 3. The molecule has 0 N–H and O–H groups in total. The smallest absolute Gasteiger partial charge is 0.164 e. The van der Waals surface area contributed by atoms with Gasteiger partial charge in [0, 0.05) is 27.5 Å². The summed E-state index contributed by atoms with van der Waals surface area (Å²) < 4.78 is 6.28. The fraction of sp³-hybridized carbons (Fsp3) is 0.0217. The molecule has 0 aliphatic carbocycles. The predicted molar refractivity (Wildman–Crippen MR) is 208 cm³/mol. The number of rotatable bonds is 6. The number of para-hydroxylation sites is 1. The van der Waals surface area contributed by atoms with Gasteiger partial charge < -0.3 is 4.42 Å². The molecule has 0 saturated carbocycles. The molecule has 50 heavy (non-hydrogen) atoms. The Hall–Kier alpha value is -6.65. The van der Waals surface area contributed by atoms with Crippen LogP contribution in [0.15, 0.2) is 168 Å². The number of benzene rings is 7. The molecule has 2 aromatic heterocycles. The van der Waals surface area contributed by atoms with Gasteiger partial charge in [-0.05, 0) is 69.4 Å². The van der Waals surface area contributed by atoms with E-state index in [0.717, 1.165) is 71.5 Å². The Kier molecular flexibility index (Phi) is 7.33. The van der Waals surface area contributed by atoms with Crippen LogP contribution in [0.1, 0.15) is 12.5 Å². The summed E-state index contributed by atoms with van der Waals surface area (Å²) in [6.07, 6.45) is 8.28. The summed E-state index contributed by atoms with van der Waals surface area (Å²) in [4.78, 5) is 15.6. The summed E-state index contributed by atoms with van der Waals surface area (Å²) in [6.45, 7) is 2.02. The van der Waals surface area contributed by atoms with Gasteiger partial charge in [0.25, 0.3) is 0 Å². The Labute approximate surface area is 289 Å². The van der Waals surface area contributed by atoms with Crippen molar-refractivity contribution in [2.24, 2.45) is 0 Å². The summed E-state index contributed by atoms with van der Waals surface area (Å²) in [5.74, 6) is 1.86. The average molecular weight is 642 g/mol. The Morgan fingerprint density at radius 1 is 0.460 bits per heavy atom. The van der Waals surface area contributed by atoms with E-state index in [0.29, 0.717) is 17.5 Å². The maximum absolute atomic E-state index is 6.28. The highest BCUT2D eigenvalue weighted by Gasteiger charge is 2.20. The van der Waals surface area contributed by atoms with Crippen LogP contribution in [-0.4, -0.2) is 15.0 Å². The molecule has 9 aromatic rings. The SMILES string of the molecule is C/C=C\C=C/c1ccc(-c2nc(-c3ccc4ccccc4c3)nc(-c3ccccc3-c3cccc4oc5ccccc5c34)n2)c2ccccc12. The quantitative estimate of drug-likeness (QED) is 0.170. The molecule has 0 fully saturated rings. The van der Waals surface area contributed by atoms with Crippen LogP contribution in [0, 0.1) is 0 Å². The molecular formula is C46H31N3O. The lowest BCUT2D eigenvalue weighted by atomic mass is 9.95. The maximum atomic E-state index is 6.28. The summed E-state index contributed by atoms with van der Waals surface area (Å²) in [6, 6.07) is 50.3. The van der Waals surface area contributed by atoms with E-state index in [9.17, 15) is 0 Å². The van der Waals surface area contributed by atoms with E-state index >= 15 is 0 Å². The van der Waals surface area contributed by atoms with Crippen molar-refractivity contribution >= 4 is 49.6 Å². The molecule has 0 spiro atoms. The zero-order chi connectivity index (χ0) is 33.4. The van der Waals surface area contributed by atoms with Crippen molar-refractivity contribution in [2.45, 2.75) is 6.92 Å². The highest BCUT2D eigenvalue weighted by atomic mass is 16.3. The third kappa shape index (κ3) is 5.15. The van der Waals surface area contributed by atoms with E-state index < -0.39 is 0 Å². The monoisotopic (exact) mass is 641 g/mol. The van der Waals surface area contributed by atoms with Gasteiger partial charge >= 0.3 is 0 Å². The fourth-order valence-corrected chi connectivity index (χ4v) is 6.92. The minimum Gasteiger partial charge on any atom is -0.456 e. The van der Waals surface area contributed by atoms with E-state index in [1.807, 2.05) is 43.3 Å². The molecule has 0 amide bonds. The van der Waals surface area contributed by atoms with Crippen LogP contribution in [-0.2, 0) is 0 Å². The van der Waals surface area contributed by atoms with E-state index in [4.69, 9.17) is 19.4 Å². The van der Waals surface area contributed by atoms with Crippen molar-refractivity contribution in [1.29, 1.82) is 0 Å². The molecule has 236 valence electrons. The minimum atomic E-state index is 0.611. The van der Waals surface area contributed by atoms with Crippen molar-refractivity contribution in [1.82, 2.24) is 15.0 Å². The highest BCUT2D eigenvalue weighted by molar-refractivity contribution is 6.13. The van der Waals surface area contributed by atoms with Crippen LogP contribution in [0.3, 0.4) is 0 Å². The number of aromatic nitrogens is 3. The lowest BCUT2D eigenvalue weighted by Crippen LogP contribution is -2.01. The van der Waals surface area contributed by atoms with Gasteiger partial charge in [0.05, 0.1) is 0 Å². The van der Waals surface area contributed by atoms with Gasteiger partial charge in [-0.1, -0.05) is 146 Å². The molecule has 0 unspecified atom stereocenters. The van der Waals surface area contributed by atoms with Crippen LogP contribution >= 0.6 is 0 Å². The lowest BCUT2D eigenvalue weighted by Gasteiger charge is -2.14. The lowest BCUT2D eigenvalue weighted by molar-refractivity contribution is 0.669. The number of hydrogen-bond acceptors (Lipinski definition) is 4. The van der Waals surface area contributed by atoms with E-state index in [1.165, 1.54) is 5.39 Å². The van der Waals surface area contributed by atoms with Crippen molar-refractivity contribution < 1.29 is 4.42 Å². The first-order valence-corrected chi connectivity index (χ1v) is 16.8. The molecule has 4 nitrogen and oxygen atoms in total. The van der Waals surface area contributed by atoms with Crippen molar-refractivity contribution in [3.8, 4) is 45.3 Å². The largest absolute Gasteiger partial charge is 0.456 e. The summed E-state index contributed by atoms with van der Waals surface area (Å²) >= 11 is 0. The molecule has 9 rings (SSSR count). The standard InChI is InChI=1S/C46H31N3O/c1-2-3-4-15-31-27-28-39(35-18-8-7-17-34(31)35)46-48-44(33-26-25-30-14-5-6-16-32(30)29-33)47-45(49-46)38-20-10-9-19-36(38)37-22-13-24-42-43(37)40-21-11-12-23-41(40)50-42/h2-29H,1H3/b3-2-,15-4-. The first-order valence-electron chi connectivity index (χ1n) is 16.8. The Bertz CT molecular complexity index is 2790. The topological polar surface area (TPSA) is 51.8 Å². The van der Waals surface area contributed by atoms with Crippen LogP contribution in [0.25, 0.3) is 94.8 Å². The molecule has 2 heterocycles. The van der Waals surface area contributed by atoms with Crippen LogP contribution < -0.4 is 0 Å². The van der Waals surface area contributed by atoms with Crippen LogP contribution in [0.2, 0.25) is 0 Å². The van der Waals surface area contributed by atoms with E-state index in [-0.39, 0.29) is 0 Å². The highest BCUT2D eigenvalue weighted by Crippen LogP contribution is 2.41. The zero-order valence-electron chi connectivity index (χ0n) is 27.4. The molecular weight excluding hydrogens is 611 g/mol. The second-order valence-corrected chi connectivity index (χ2v) is 12.3. The number of hydrogen-bond donors (Lipinski definition) is 0. The average Bonchev–Trinajstić information content (AvgIpc) is 3.57. The Balaban J connectivity index is 1.30. The summed E-state index contributed by atoms with van der Waals surface area (Å²) in [5.41, 5.74) is 7.76. The van der Waals surface area contributed by atoms with Crippen LogP contribution in [0.4, 0.5) is 0 Å². The Morgan fingerprint density at radius 2 is 1.12 bits per heavy atom. The van der Waals surface area contributed by atoms with Gasteiger partial charge in [0.15, 0.2) is 17.5 Å². The predicted octanol–water partition coefficient (Wildman–Crippen LogP) is 12.3. The summed E-state index contributed by atoms with van der Waals surface area (Å²) in [7, 11) is 0. The summed E-state index contributed by atoms with van der Waals surface area (Å²) in [5, 5.41) is 6.68. The van der Waals surface area contributed by atoms with Gasteiger partial charge in [0.1, 0.15) is 11.2 Å².